The molecular weight excluding hydrogens is 250 g/mol. The van der Waals surface area contributed by atoms with E-state index in [2.05, 4.69) is 5.32 Å². The zero-order chi connectivity index (χ0) is 14.6. The first-order chi connectivity index (χ1) is 8.71. The van der Waals surface area contributed by atoms with Gasteiger partial charge in [0.2, 0.25) is 0 Å². The molecule has 1 aromatic carbocycles. The molecule has 19 heavy (non-hydrogen) atoms. The summed E-state index contributed by atoms with van der Waals surface area (Å²) < 4.78 is 0. The summed E-state index contributed by atoms with van der Waals surface area (Å²) in [6.07, 6.45) is -0.457. The Labute approximate surface area is 110 Å². The van der Waals surface area contributed by atoms with Gasteiger partial charge >= 0.3 is 5.97 Å². The largest absolute Gasteiger partial charge is 0.508 e. The van der Waals surface area contributed by atoms with Gasteiger partial charge in [0.05, 0.1) is 12.0 Å². The number of hydrogen-bond donors (Lipinski definition) is 4. The van der Waals surface area contributed by atoms with Crippen molar-refractivity contribution >= 4 is 11.9 Å². The van der Waals surface area contributed by atoms with E-state index in [1.807, 2.05) is 0 Å². The molecule has 0 aliphatic heterocycles. The monoisotopic (exact) mass is 267 g/mol. The van der Waals surface area contributed by atoms with Crippen LogP contribution in [-0.2, 0) is 4.79 Å². The molecule has 0 saturated heterocycles. The summed E-state index contributed by atoms with van der Waals surface area (Å²) in [6, 6.07) is 4.30. The fraction of sp³-hybridized carbons (Fsp3) is 0.385. The molecule has 1 aromatic rings. The highest BCUT2D eigenvalue weighted by Crippen LogP contribution is 2.16. The number of hydrogen-bond acceptors (Lipinski definition) is 4. The minimum absolute atomic E-state index is 0.0620. The van der Waals surface area contributed by atoms with Crippen molar-refractivity contribution in [2.24, 2.45) is 0 Å². The fourth-order valence-electron chi connectivity index (χ4n) is 1.66. The zero-order valence-electron chi connectivity index (χ0n) is 10.8. The van der Waals surface area contributed by atoms with Gasteiger partial charge in [-0.2, -0.15) is 0 Å². The van der Waals surface area contributed by atoms with Gasteiger partial charge < -0.3 is 20.6 Å². The molecule has 1 atom stereocenters. The SMILES string of the molecule is Cc1cc(O)ccc1C(=O)NCC(C)(O)CC(=O)O. The molecule has 0 fully saturated rings. The Kier molecular flexibility index (Phi) is 4.50. The maximum atomic E-state index is 11.9. The van der Waals surface area contributed by atoms with Crippen LogP contribution in [0.2, 0.25) is 0 Å². The number of rotatable bonds is 5. The third kappa shape index (κ3) is 4.59. The first kappa shape index (κ1) is 15.0. The molecule has 0 heterocycles. The summed E-state index contributed by atoms with van der Waals surface area (Å²) >= 11 is 0. The standard InChI is InChI=1S/C13H17NO5/c1-8-5-9(15)3-4-10(8)12(18)14-7-13(2,19)6-11(16)17/h3-5,15,19H,6-7H2,1-2H3,(H,14,18)(H,16,17). The number of benzene rings is 1. The van der Waals surface area contributed by atoms with Crippen LogP contribution in [0.3, 0.4) is 0 Å². The van der Waals surface area contributed by atoms with Gasteiger partial charge in [-0.25, -0.2) is 0 Å². The summed E-state index contributed by atoms with van der Waals surface area (Å²) in [4.78, 5) is 22.4. The molecule has 1 rings (SSSR count). The van der Waals surface area contributed by atoms with E-state index in [-0.39, 0.29) is 12.3 Å². The first-order valence-electron chi connectivity index (χ1n) is 5.73. The van der Waals surface area contributed by atoms with Crippen LogP contribution >= 0.6 is 0 Å². The van der Waals surface area contributed by atoms with Crippen molar-refractivity contribution in [2.75, 3.05) is 6.54 Å². The number of aliphatic hydroxyl groups is 1. The molecule has 1 unspecified atom stereocenters. The van der Waals surface area contributed by atoms with E-state index in [4.69, 9.17) is 5.11 Å². The molecule has 104 valence electrons. The molecule has 6 heteroatoms. The number of phenolic OH excluding ortho intramolecular Hbond substituents is 1. The Bertz CT molecular complexity index is 496. The first-order valence-corrected chi connectivity index (χ1v) is 5.73. The average Bonchev–Trinajstić information content (AvgIpc) is 2.24. The number of carboxylic acids is 1. The summed E-state index contributed by atoms with van der Waals surface area (Å²) in [6.45, 7) is 2.84. The number of amides is 1. The minimum atomic E-state index is -1.51. The van der Waals surface area contributed by atoms with Crippen LogP contribution in [0.5, 0.6) is 5.75 Å². The number of phenols is 1. The van der Waals surface area contributed by atoms with Crippen molar-refractivity contribution in [3.8, 4) is 5.75 Å². The number of carbonyl (C=O) groups is 2. The number of aryl methyl sites for hydroxylation is 1. The number of aromatic hydroxyl groups is 1. The molecule has 0 aromatic heterocycles. The number of nitrogens with one attached hydrogen (secondary N) is 1. The highest BCUT2D eigenvalue weighted by atomic mass is 16.4. The van der Waals surface area contributed by atoms with Crippen LogP contribution in [0, 0.1) is 6.92 Å². The van der Waals surface area contributed by atoms with Crippen LogP contribution in [0.4, 0.5) is 0 Å². The van der Waals surface area contributed by atoms with Gasteiger partial charge in [0.1, 0.15) is 5.75 Å². The summed E-state index contributed by atoms with van der Waals surface area (Å²) in [5.74, 6) is -1.50. The van der Waals surface area contributed by atoms with E-state index in [0.717, 1.165) is 0 Å². The quantitative estimate of drug-likeness (QED) is 0.627. The van der Waals surface area contributed by atoms with Gasteiger partial charge in [0.15, 0.2) is 0 Å². The Balaban J connectivity index is 2.68. The van der Waals surface area contributed by atoms with Crippen molar-refractivity contribution in [1.82, 2.24) is 5.32 Å². The third-order valence-corrected chi connectivity index (χ3v) is 2.62. The van der Waals surface area contributed by atoms with Gasteiger partial charge in [0, 0.05) is 12.1 Å². The van der Waals surface area contributed by atoms with E-state index in [9.17, 15) is 19.8 Å². The number of carboxylic acid groups (broad SMARTS) is 1. The van der Waals surface area contributed by atoms with Gasteiger partial charge in [-0.15, -0.1) is 0 Å². The van der Waals surface area contributed by atoms with Crippen LogP contribution in [0.25, 0.3) is 0 Å². The maximum absolute atomic E-state index is 11.9. The smallest absolute Gasteiger partial charge is 0.306 e. The summed E-state index contributed by atoms with van der Waals surface area (Å²) in [7, 11) is 0. The van der Waals surface area contributed by atoms with E-state index in [0.29, 0.717) is 11.1 Å². The van der Waals surface area contributed by atoms with E-state index >= 15 is 0 Å². The Morgan fingerprint density at radius 1 is 1.37 bits per heavy atom. The molecule has 0 saturated carbocycles. The van der Waals surface area contributed by atoms with Gasteiger partial charge in [-0.05, 0) is 37.6 Å². The van der Waals surface area contributed by atoms with Crippen LogP contribution in [0.1, 0.15) is 29.3 Å². The van der Waals surface area contributed by atoms with Crippen molar-refractivity contribution in [1.29, 1.82) is 0 Å². The van der Waals surface area contributed by atoms with Crippen molar-refractivity contribution in [3.63, 3.8) is 0 Å². The topological polar surface area (TPSA) is 107 Å². The lowest BCUT2D eigenvalue weighted by molar-refractivity contribution is -0.141. The predicted octanol–water partition coefficient (Wildman–Crippen LogP) is 0.656. The second-order valence-electron chi connectivity index (χ2n) is 4.75. The molecule has 0 spiro atoms. The minimum Gasteiger partial charge on any atom is -0.508 e. The van der Waals surface area contributed by atoms with Crippen molar-refractivity contribution in [3.05, 3.63) is 29.3 Å². The zero-order valence-corrected chi connectivity index (χ0v) is 10.8. The molecule has 6 nitrogen and oxygen atoms in total. The highest BCUT2D eigenvalue weighted by Gasteiger charge is 2.25. The van der Waals surface area contributed by atoms with Crippen LogP contribution in [0.15, 0.2) is 18.2 Å². The van der Waals surface area contributed by atoms with Crippen LogP contribution in [-0.4, -0.2) is 39.3 Å². The maximum Gasteiger partial charge on any atom is 0.306 e. The second-order valence-corrected chi connectivity index (χ2v) is 4.75. The second kappa shape index (κ2) is 5.71. The van der Waals surface area contributed by atoms with Crippen LogP contribution < -0.4 is 5.32 Å². The number of carbonyl (C=O) groups excluding carboxylic acids is 1. The lowest BCUT2D eigenvalue weighted by atomic mass is 10.0. The predicted molar refractivity (Wildman–Crippen MR) is 68.1 cm³/mol. The lowest BCUT2D eigenvalue weighted by Gasteiger charge is -2.21. The molecule has 0 aliphatic rings. The van der Waals surface area contributed by atoms with E-state index < -0.39 is 23.9 Å². The van der Waals surface area contributed by atoms with Gasteiger partial charge in [0.25, 0.3) is 5.91 Å². The highest BCUT2D eigenvalue weighted by molar-refractivity contribution is 5.95. The van der Waals surface area contributed by atoms with E-state index in [1.54, 1.807) is 6.92 Å². The lowest BCUT2D eigenvalue weighted by Crippen LogP contribution is -2.42. The molecule has 0 bridgehead atoms. The number of aliphatic carboxylic acids is 1. The normalized spacial score (nSPS) is 13.6. The molecule has 0 radical (unpaired) electrons. The fourth-order valence-corrected chi connectivity index (χ4v) is 1.66. The van der Waals surface area contributed by atoms with E-state index in [1.165, 1.54) is 25.1 Å². The molecule has 4 N–H and O–H groups in total. The Morgan fingerprint density at radius 3 is 2.53 bits per heavy atom. The molecule has 0 aliphatic carbocycles. The van der Waals surface area contributed by atoms with Gasteiger partial charge in [-0.1, -0.05) is 0 Å². The Hall–Kier alpha value is -2.08. The van der Waals surface area contributed by atoms with Gasteiger partial charge in [-0.3, -0.25) is 9.59 Å². The third-order valence-electron chi connectivity index (χ3n) is 2.62. The summed E-state index contributed by atoms with van der Waals surface area (Å²) in [5.41, 5.74) is -0.550. The summed E-state index contributed by atoms with van der Waals surface area (Å²) in [5, 5.41) is 30.1. The van der Waals surface area contributed by atoms with Crippen molar-refractivity contribution < 1.29 is 24.9 Å². The molecular formula is C13H17NO5. The Morgan fingerprint density at radius 2 is 2.00 bits per heavy atom. The average molecular weight is 267 g/mol. The van der Waals surface area contributed by atoms with Crippen molar-refractivity contribution in [2.45, 2.75) is 25.9 Å². The molecule has 1 amide bonds.